The van der Waals surface area contributed by atoms with Crippen LogP contribution < -0.4 is 15.0 Å². The number of nitrogens with one attached hydrogen (secondary N) is 2. The lowest BCUT2D eigenvalue weighted by Gasteiger charge is -2.32. The minimum atomic E-state index is -0.0578. The fourth-order valence-corrected chi connectivity index (χ4v) is 3.81. The summed E-state index contributed by atoms with van der Waals surface area (Å²) in [6.45, 7) is 4.13. The highest BCUT2D eigenvalue weighted by Gasteiger charge is 2.30. The van der Waals surface area contributed by atoms with E-state index < -0.39 is 0 Å². The van der Waals surface area contributed by atoms with Gasteiger partial charge < -0.3 is 15.0 Å². The van der Waals surface area contributed by atoms with E-state index in [0.717, 1.165) is 31.1 Å². The quantitative estimate of drug-likeness (QED) is 0.838. The summed E-state index contributed by atoms with van der Waals surface area (Å²) in [5, 5.41) is 3.02. The van der Waals surface area contributed by atoms with Gasteiger partial charge in [0.1, 0.15) is 5.75 Å². The average Bonchev–Trinajstić information content (AvgIpc) is 2.69. The van der Waals surface area contributed by atoms with E-state index in [4.69, 9.17) is 4.74 Å². The Hall–Kier alpha value is -2.33. The van der Waals surface area contributed by atoms with E-state index >= 15 is 0 Å². The van der Waals surface area contributed by atoms with Gasteiger partial charge in [-0.2, -0.15) is 0 Å². The van der Waals surface area contributed by atoms with Crippen molar-refractivity contribution in [2.45, 2.75) is 32.2 Å². The van der Waals surface area contributed by atoms with Crippen LogP contribution in [0.4, 0.5) is 5.69 Å². The topological polar surface area (TPSA) is 42.8 Å². The summed E-state index contributed by atoms with van der Waals surface area (Å²) in [5.41, 5.74) is 2.16. The first-order valence-electron chi connectivity index (χ1n) is 9.49. The molecule has 0 saturated carbocycles. The van der Waals surface area contributed by atoms with E-state index in [1.54, 1.807) is 7.11 Å². The van der Waals surface area contributed by atoms with E-state index in [-0.39, 0.29) is 11.9 Å². The van der Waals surface area contributed by atoms with Gasteiger partial charge in [0.15, 0.2) is 6.04 Å². The number of methoxy groups -OCH3 is 1. The summed E-state index contributed by atoms with van der Waals surface area (Å²) >= 11 is 0. The number of carbonyl (C=O) groups is 1. The number of likely N-dealkylation sites (tertiary alicyclic amines) is 1. The number of quaternary nitrogens is 1. The van der Waals surface area contributed by atoms with Crippen molar-refractivity contribution >= 4 is 11.6 Å². The van der Waals surface area contributed by atoms with Crippen molar-refractivity contribution in [1.82, 2.24) is 0 Å². The predicted molar refractivity (Wildman–Crippen MR) is 105 cm³/mol. The maximum Gasteiger partial charge on any atom is 0.282 e. The number of rotatable bonds is 6. The van der Waals surface area contributed by atoms with Crippen LogP contribution >= 0.6 is 0 Å². The summed E-state index contributed by atoms with van der Waals surface area (Å²) in [6.07, 6.45) is 3.50. The highest BCUT2D eigenvalue weighted by Crippen LogP contribution is 2.23. The molecule has 2 aromatic rings. The maximum absolute atomic E-state index is 12.7. The number of carbonyl (C=O) groups excluding carboxylic acids is 1. The Morgan fingerprint density at radius 2 is 1.77 bits per heavy atom. The lowest BCUT2D eigenvalue weighted by Crippen LogP contribution is -3.17. The Morgan fingerprint density at radius 1 is 1.12 bits per heavy atom. The van der Waals surface area contributed by atoms with Crippen LogP contribution in [0.3, 0.4) is 0 Å². The van der Waals surface area contributed by atoms with Gasteiger partial charge in [0.2, 0.25) is 0 Å². The van der Waals surface area contributed by atoms with E-state index in [1.165, 1.54) is 23.3 Å². The SMILES string of the molecule is COc1ccccc1NC(=O)[C@H](C)[NH+]1CCC(Cc2ccccc2)CC1. The molecule has 4 nitrogen and oxygen atoms in total. The second-order valence-corrected chi connectivity index (χ2v) is 7.20. The van der Waals surface area contributed by atoms with Gasteiger partial charge in [-0.25, -0.2) is 0 Å². The van der Waals surface area contributed by atoms with Crippen LogP contribution in [-0.2, 0) is 11.2 Å². The third-order valence-corrected chi connectivity index (χ3v) is 5.49. The van der Waals surface area contributed by atoms with Crippen molar-refractivity contribution < 1.29 is 14.4 Å². The number of hydrogen-bond acceptors (Lipinski definition) is 2. The number of benzene rings is 2. The van der Waals surface area contributed by atoms with Gasteiger partial charge in [-0.05, 0) is 49.8 Å². The number of amides is 1. The standard InChI is InChI=1S/C22H28N2O2/c1-17(22(25)23-20-10-6-7-11-21(20)26-2)24-14-12-19(13-15-24)16-18-8-4-3-5-9-18/h3-11,17,19H,12-16H2,1-2H3,(H,23,25)/p+1/t17-/m0/s1. The molecule has 138 valence electrons. The van der Waals surface area contributed by atoms with Crippen LogP contribution in [0.5, 0.6) is 5.75 Å². The molecular formula is C22H29N2O2+. The third-order valence-electron chi connectivity index (χ3n) is 5.49. The first-order valence-corrected chi connectivity index (χ1v) is 9.49. The van der Waals surface area contributed by atoms with Crippen molar-refractivity contribution in [3.8, 4) is 5.75 Å². The van der Waals surface area contributed by atoms with E-state index in [1.807, 2.05) is 31.2 Å². The molecule has 0 unspecified atom stereocenters. The molecule has 1 aliphatic heterocycles. The summed E-state index contributed by atoms with van der Waals surface area (Å²) in [5.74, 6) is 1.49. The first-order chi connectivity index (χ1) is 12.7. The molecule has 2 aromatic carbocycles. The summed E-state index contributed by atoms with van der Waals surface area (Å²) in [6, 6.07) is 18.2. The van der Waals surface area contributed by atoms with Gasteiger partial charge in [0.25, 0.3) is 5.91 Å². The fourth-order valence-electron chi connectivity index (χ4n) is 3.81. The molecule has 26 heavy (non-hydrogen) atoms. The molecule has 1 amide bonds. The lowest BCUT2D eigenvalue weighted by molar-refractivity contribution is -0.919. The largest absolute Gasteiger partial charge is 0.495 e. The van der Waals surface area contributed by atoms with E-state index in [2.05, 4.69) is 35.6 Å². The number of anilines is 1. The van der Waals surface area contributed by atoms with Crippen LogP contribution in [0.1, 0.15) is 25.3 Å². The third kappa shape index (κ3) is 4.64. The van der Waals surface area contributed by atoms with Crippen LogP contribution in [0.2, 0.25) is 0 Å². The zero-order chi connectivity index (χ0) is 18.4. The van der Waals surface area contributed by atoms with Crippen molar-refractivity contribution in [1.29, 1.82) is 0 Å². The summed E-state index contributed by atoms with van der Waals surface area (Å²) in [4.78, 5) is 14.0. The Kier molecular flexibility index (Phi) is 6.29. The molecule has 1 atom stereocenters. The van der Waals surface area contributed by atoms with Gasteiger partial charge >= 0.3 is 0 Å². The zero-order valence-corrected chi connectivity index (χ0v) is 15.7. The predicted octanol–water partition coefficient (Wildman–Crippen LogP) is 2.56. The number of ether oxygens (including phenoxy) is 1. The number of piperidine rings is 1. The van der Waals surface area contributed by atoms with Gasteiger partial charge in [-0.15, -0.1) is 0 Å². The average molecular weight is 353 g/mol. The number of para-hydroxylation sites is 2. The van der Waals surface area contributed by atoms with Gasteiger partial charge in [0.05, 0.1) is 25.9 Å². The number of hydrogen-bond donors (Lipinski definition) is 2. The fraction of sp³-hybridized carbons (Fsp3) is 0.409. The van der Waals surface area contributed by atoms with Crippen LogP contribution in [0.25, 0.3) is 0 Å². The van der Waals surface area contributed by atoms with E-state index in [9.17, 15) is 4.79 Å². The Morgan fingerprint density at radius 3 is 2.46 bits per heavy atom. The highest BCUT2D eigenvalue weighted by molar-refractivity contribution is 5.94. The molecule has 4 heteroatoms. The monoisotopic (exact) mass is 353 g/mol. The molecule has 0 radical (unpaired) electrons. The van der Waals surface area contributed by atoms with Crippen LogP contribution in [0, 0.1) is 5.92 Å². The maximum atomic E-state index is 12.7. The zero-order valence-electron chi connectivity index (χ0n) is 15.7. The van der Waals surface area contributed by atoms with Gasteiger partial charge in [0, 0.05) is 0 Å². The van der Waals surface area contributed by atoms with Crippen LogP contribution in [0.15, 0.2) is 54.6 Å². The smallest absolute Gasteiger partial charge is 0.282 e. The first kappa shape index (κ1) is 18.5. The lowest BCUT2D eigenvalue weighted by atomic mass is 9.89. The molecule has 1 aliphatic rings. The Balaban J connectivity index is 1.51. The second kappa shape index (κ2) is 8.86. The van der Waals surface area contributed by atoms with Crippen molar-refractivity contribution in [2.75, 3.05) is 25.5 Å². The molecule has 1 saturated heterocycles. The minimum absolute atomic E-state index is 0.0578. The van der Waals surface area contributed by atoms with Crippen molar-refractivity contribution in [3.63, 3.8) is 0 Å². The summed E-state index contributed by atoms with van der Waals surface area (Å²) < 4.78 is 5.32. The van der Waals surface area contributed by atoms with Gasteiger partial charge in [-0.3, -0.25) is 4.79 Å². The van der Waals surface area contributed by atoms with Crippen molar-refractivity contribution in [3.05, 3.63) is 60.2 Å². The molecular weight excluding hydrogens is 324 g/mol. The molecule has 1 heterocycles. The minimum Gasteiger partial charge on any atom is -0.495 e. The van der Waals surface area contributed by atoms with E-state index in [0.29, 0.717) is 5.75 Å². The van der Waals surface area contributed by atoms with Gasteiger partial charge in [-0.1, -0.05) is 42.5 Å². The molecule has 0 aromatic heterocycles. The Bertz CT molecular complexity index is 709. The molecule has 0 bridgehead atoms. The molecule has 0 aliphatic carbocycles. The molecule has 0 spiro atoms. The van der Waals surface area contributed by atoms with Crippen molar-refractivity contribution in [2.24, 2.45) is 5.92 Å². The molecule has 1 fully saturated rings. The summed E-state index contributed by atoms with van der Waals surface area (Å²) in [7, 11) is 1.62. The van der Waals surface area contributed by atoms with Crippen LogP contribution in [-0.4, -0.2) is 32.1 Å². The second-order valence-electron chi connectivity index (χ2n) is 7.20. The normalized spacial score (nSPS) is 21.0. The highest BCUT2D eigenvalue weighted by atomic mass is 16.5. The Labute approximate surface area is 156 Å². The molecule has 3 rings (SSSR count). The molecule has 2 N–H and O–H groups in total.